The van der Waals surface area contributed by atoms with Crippen LogP contribution in [0.3, 0.4) is 0 Å². The van der Waals surface area contributed by atoms with Crippen molar-refractivity contribution in [3.8, 4) is 0 Å². The van der Waals surface area contributed by atoms with E-state index in [-0.39, 0.29) is 10.8 Å². The predicted molar refractivity (Wildman–Crippen MR) is 80.5 cm³/mol. The van der Waals surface area contributed by atoms with Crippen molar-refractivity contribution in [3.63, 3.8) is 0 Å². The van der Waals surface area contributed by atoms with Crippen LogP contribution in [0.1, 0.15) is 67.7 Å². The van der Waals surface area contributed by atoms with Gasteiger partial charge in [0.1, 0.15) is 0 Å². The van der Waals surface area contributed by atoms with E-state index in [1.54, 1.807) is 5.57 Å². The summed E-state index contributed by atoms with van der Waals surface area (Å²) in [5.74, 6) is 0. The van der Waals surface area contributed by atoms with Crippen LogP contribution in [0.4, 0.5) is 0 Å². The number of rotatable bonds is 0. The Morgan fingerprint density at radius 2 is 1.39 bits per heavy atom. The van der Waals surface area contributed by atoms with Crippen molar-refractivity contribution in [3.05, 3.63) is 23.8 Å². The van der Waals surface area contributed by atoms with E-state index in [0.717, 1.165) is 0 Å². The molecule has 0 amide bonds. The SMILES string of the molecule is C=C1C(C)(C)CCC(C)(C)/C(C)=C\C12CC2(C)C. The minimum absolute atomic E-state index is 0.262. The lowest BCUT2D eigenvalue weighted by atomic mass is 9.64. The molecule has 0 N–H and O–H groups in total. The first kappa shape index (κ1) is 13.9. The van der Waals surface area contributed by atoms with Crippen molar-refractivity contribution in [2.75, 3.05) is 0 Å². The molecule has 102 valence electrons. The normalized spacial score (nSPS) is 39.7. The molecule has 1 atom stereocenters. The summed E-state index contributed by atoms with van der Waals surface area (Å²) in [4.78, 5) is 0. The van der Waals surface area contributed by atoms with Crippen LogP contribution >= 0.6 is 0 Å². The molecule has 0 nitrogen and oxygen atoms in total. The first-order chi connectivity index (χ1) is 7.95. The quantitative estimate of drug-likeness (QED) is 0.477. The van der Waals surface area contributed by atoms with Gasteiger partial charge in [0.05, 0.1) is 0 Å². The van der Waals surface area contributed by atoms with Gasteiger partial charge in [0.25, 0.3) is 0 Å². The van der Waals surface area contributed by atoms with Gasteiger partial charge < -0.3 is 0 Å². The molecule has 2 aliphatic rings. The Morgan fingerprint density at radius 1 is 0.944 bits per heavy atom. The standard InChI is InChI=1S/C18H30/c1-13-11-18(12-17(18,7)8)14(2)16(5,6)10-9-15(13,3)4/h11H,2,9-10,12H2,1,3-8H3/b13-11-. The van der Waals surface area contributed by atoms with E-state index >= 15 is 0 Å². The third kappa shape index (κ3) is 1.80. The summed E-state index contributed by atoms with van der Waals surface area (Å²) in [5.41, 5.74) is 4.29. The van der Waals surface area contributed by atoms with Crippen LogP contribution in [-0.2, 0) is 0 Å². The zero-order chi connectivity index (χ0) is 14.0. The van der Waals surface area contributed by atoms with E-state index in [2.05, 4.69) is 61.1 Å². The summed E-state index contributed by atoms with van der Waals surface area (Å²) >= 11 is 0. The summed E-state index contributed by atoms with van der Waals surface area (Å²) in [7, 11) is 0. The molecule has 0 heteroatoms. The number of hydrogen-bond donors (Lipinski definition) is 0. The molecule has 0 saturated heterocycles. The van der Waals surface area contributed by atoms with E-state index in [1.807, 2.05) is 0 Å². The van der Waals surface area contributed by atoms with E-state index in [4.69, 9.17) is 0 Å². The summed E-state index contributed by atoms with van der Waals surface area (Å²) in [6.45, 7) is 21.2. The third-order valence-corrected chi connectivity index (χ3v) is 6.06. The van der Waals surface area contributed by atoms with Crippen molar-refractivity contribution in [2.24, 2.45) is 21.7 Å². The molecule has 0 radical (unpaired) electrons. The topological polar surface area (TPSA) is 0 Å². The van der Waals surface area contributed by atoms with Gasteiger partial charge in [-0.2, -0.15) is 0 Å². The van der Waals surface area contributed by atoms with Gasteiger partial charge in [-0.15, -0.1) is 0 Å². The highest BCUT2D eigenvalue weighted by Crippen LogP contribution is 2.72. The van der Waals surface area contributed by atoms with Gasteiger partial charge in [-0.1, -0.05) is 65.3 Å². The smallest absolute Gasteiger partial charge is 0.0153 e. The number of allylic oxidation sites excluding steroid dienone is 3. The Morgan fingerprint density at radius 3 is 1.83 bits per heavy atom. The molecule has 18 heavy (non-hydrogen) atoms. The monoisotopic (exact) mass is 246 g/mol. The summed E-state index contributed by atoms with van der Waals surface area (Å²) < 4.78 is 0. The minimum Gasteiger partial charge on any atom is -0.0984 e. The number of hydrogen-bond acceptors (Lipinski definition) is 0. The second-order valence-corrected chi connectivity index (χ2v) is 8.61. The fourth-order valence-corrected chi connectivity index (χ4v) is 3.64. The maximum Gasteiger partial charge on any atom is 0.0153 e. The maximum atomic E-state index is 4.52. The Kier molecular flexibility index (Phi) is 2.72. The summed E-state index contributed by atoms with van der Waals surface area (Å²) in [6, 6.07) is 0. The van der Waals surface area contributed by atoms with Gasteiger partial charge >= 0.3 is 0 Å². The Bertz CT molecular complexity index is 417. The molecule has 0 aromatic carbocycles. The third-order valence-electron chi connectivity index (χ3n) is 6.06. The molecule has 0 aromatic heterocycles. The highest BCUT2D eigenvalue weighted by Gasteiger charge is 2.63. The highest BCUT2D eigenvalue weighted by molar-refractivity contribution is 5.41. The van der Waals surface area contributed by atoms with Crippen LogP contribution in [0.15, 0.2) is 23.8 Å². The molecular weight excluding hydrogens is 216 g/mol. The van der Waals surface area contributed by atoms with Crippen molar-refractivity contribution in [1.82, 2.24) is 0 Å². The lowest BCUT2D eigenvalue weighted by Crippen LogP contribution is -2.29. The fourth-order valence-electron chi connectivity index (χ4n) is 3.64. The van der Waals surface area contributed by atoms with Crippen LogP contribution < -0.4 is 0 Å². The van der Waals surface area contributed by atoms with Gasteiger partial charge in [0, 0.05) is 5.41 Å². The zero-order valence-electron chi connectivity index (χ0n) is 13.4. The van der Waals surface area contributed by atoms with Crippen molar-refractivity contribution >= 4 is 0 Å². The molecular formula is C18H30. The molecule has 0 heterocycles. The van der Waals surface area contributed by atoms with Crippen LogP contribution in [0.25, 0.3) is 0 Å². The maximum absolute atomic E-state index is 4.52. The molecule has 1 unspecified atom stereocenters. The van der Waals surface area contributed by atoms with Gasteiger partial charge in [-0.05, 0) is 42.4 Å². The summed E-state index contributed by atoms with van der Waals surface area (Å²) in [6.07, 6.45) is 6.35. The average Bonchev–Trinajstić information content (AvgIpc) is 2.77. The van der Waals surface area contributed by atoms with Gasteiger partial charge in [0.15, 0.2) is 0 Å². The van der Waals surface area contributed by atoms with Gasteiger partial charge in [-0.25, -0.2) is 0 Å². The second kappa shape index (κ2) is 3.52. The van der Waals surface area contributed by atoms with Gasteiger partial charge in [-0.3, -0.25) is 0 Å². The molecule has 2 rings (SSSR count). The van der Waals surface area contributed by atoms with Crippen molar-refractivity contribution in [2.45, 2.75) is 67.7 Å². The summed E-state index contributed by atoms with van der Waals surface area (Å²) in [5, 5.41) is 0. The average molecular weight is 246 g/mol. The molecule has 0 bridgehead atoms. The van der Waals surface area contributed by atoms with E-state index < -0.39 is 0 Å². The predicted octanol–water partition coefficient (Wildman–Crippen LogP) is 5.75. The molecule has 1 fully saturated rings. The molecule has 0 aliphatic heterocycles. The Balaban J connectivity index is 2.53. The lowest BCUT2D eigenvalue weighted by Gasteiger charge is -2.41. The lowest BCUT2D eigenvalue weighted by molar-refractivity contribution is 0.265. The second-order valence-electron chi connectivity index (χ2n) is 8.61. The first-order valence-corrected chi connectivity index (χ1v) is 7.35. The van der Waals surface area contributed by atoms with E-state index in [0.29, 0.717) is 10.8 Å². The zero-order valence-corrected chi connectivity index (χ0v) is 13.4. The fraction of sp³-hybridized carbons (Fsp3) is 0.778. The molecule has 2 aliphatic carbocycles. The Labute approximate surface area is 114 Å². The van der Waals surface area contributed by atoms with E-state index in [9.17, 15) is 0 Å². The Hall–Kier alpha value is -0.520. The van der Waals surface area contributed by atoms with Crippen molar-refractivity contribution in [1.29, 1.82) is 0 Å². The van der Waals surface area contributed by atoms with Crippen LogP contribution in [0.2, 0.25) is 0 Å². The first-order valence-electron chi connectivity index (χ1n) is 7.35. The minimum atomic E-state index is 0.262. The highest BCUT2D eigenvalue weighted by atomic mass is 14.7. The molecule has 1 saturated carbocycles. The van der Waals surface area contributed by atoms with Crippen LogP contribution in [0.5, 0.6) is 0 Å². The van der Waals surface area contributed by atoms with Gasteiger partial charge in [0.2, 0.25) is 0 Å². The van der Waals surface area contributed by atoms with Crippen molar-refractivity contribution < 1.29 is 0 Å². The van der Waals surface area contributed by atoms with E-state index in [1.165, 1.54) is 24.8 Å². The van der Waals surface area contributed by atoms with Crippen LogP contribution in [0, 0.1) is 21.7 Å². The molecule has 1 spiro atoms. The molecule has 0 aromatic rings. The van der Waals surface area contributed by atoms with Crippen LogP contribution in [-0.4, -0.2) is 0 Å². The largest absolute Gasteiger partial charge is 0.0984 e.